The van der Waals surface area contributed by atoms with E-state index in [1.165, 1.54) is 15.7 Å². The molecule has 0 bridgehead atoms. The fraction of sp³-hybridized carbons (Fsp3) is 0.500. The first-order valence-electron chi connectivity index (χ1n) is 5.84. The van der Waals surface area contributed by atoms with Crippen LogP contribution in [0.5, 0.6) is 0 Å². The molecular weight excluding hydrogens is 288 g/mol. The van der Waals surface area contributed by atoms with Gasteiger partial charge < -0.3 is 10.5 Å². The Bertz CT molecular complexity index is 647. The van der Waals surface area contributed by atoms with Crippen LogP contribution in [0, 0.1) is 0 Å². The molecule has 0 spiro atoms. The number of imidazole rings is 1. The van der Waals surface area contributed by atoms with Gasteiger partial charge in [0, 0.05) is 31.3 Å². The first-order chi connectivity index (χ1) is 9.06. The number of thiazole rings is 1. The Hall–Kier alpha value is -1.16. The molecular formula is C10H16N4O3S2. The van der Waals surface area contributed by atoms with Gasteiger partial charge in [-0.05, 0) is 13.3 Å². The average Bonchev–Trinajstić information content (AvgIpc) is 2.87. The van der Waals surface area contributed by atoms with Crippen LogP contribution in [-0.4, -0.2) is 37.6 Å². The number of anilines is 1. The lowest BCUT2D eigenvalue weighted by molar-refractivity contribution is 0.146. The molecule has 9 heteroatoms. The first-order valence-corrected chi connectivity index (χ1v) is 8.21. The molecule has 0 fully saturated rings. The quantitative estimate of drug-likeness (QED) is 0.733. The van der Waals surface area contributed by atoms with E-state index in [4.69, 9.17) is 10.5 Å². The van der Waals surface area contributed by atoms with Gasteiger partial charge in [-0.3, -0.25) is 4.40 Å². The number of nitrogens with one attached hydrogen (secondary N) is 1. The Morgan fingerprint density at radius 1 is 1.58 bits per heavy atom. The van der Waals surface area contributed by atoms with Crippen molar-refractivity contribution < 1.29 is 13.2 Å². The molecule has 0 aliphatic heterocycles. The lowest BCUT2D eigenvalue weighted by Crippen LogP contribution is -2.27. The van der Waals surface area contributed by atoms with E-state index in [-0.39, 0.29) is 10.8 Å². The van der Waals surface area contributed by atoms with E-state index < -0.39 is 10.0 Å². The maximum atomic E-state index is 12.2. The van der Waals surface area contributed by atoms with Gasteiger partial charge in [-0.1, -0.05) is 0 Å². The van der Waals surface area contributed by atoms with Gasteiger partial charge in [-0.15, -0.1) is 11.3 Å². The zero-order valence-corrected chi connectivity index (χ0v) is 12.1. The summed E-state index contributed by atoms with van der Waals surface area (Å²) in [6.07, 6.45) is 2.25. The molecule has 0 aromatic carbocycles. The van der Waals surface area contributed by atoms with E-state index in [2.05, 4.69) is 9.71 Å². The minimum atomic E-state index is -3.65. The number of nitrogen functional groups attached to an aromatic ring is 1. The lowest BCUT2D eigenvalue weighted by Gasteiger charge is -2.06. The topological polar surface area (TPSA) is 98.7 Å². The molecule has 106 valence electrons. The summed E-state index contributed by atoms with van der Waals surface area (Å²) in [6, 6.07) is 0. The minimum Gasteiger partial charge on any atom is -0.382 e. The highest BCUT2D eigenvalue weighted by Gasteiger charge is 2.23. The third-order valence-corrected chi connectivity index (χ3v) is 4.72. The van der Waals surface area contributed by atoms with Gasteiger partial charge in [-0.25, -0.2) is 18.1 Å². The van der Waals surface area contributed by atoms with Crippen molar-refractivity contribution in [2.24, 2.45) is 0 Å². The zero-order chi connectivity index (χ0) is 13.9. The van der Waals surface area contributed by atoms with Crippen LogP contribution in [0.2, 0.25) is 0 Å². The number of hydrogen-bond acceptors (Lipinski definition) is 6. The molecule has 0 saturated heterocycles. The van der Waals surface area contributed by atoms with Crippen LogP contribution in [0.15, 0.2) is 16.6 Å². The SMILES string of the molecule is CCOCCCNS(=O)(=O)c1c(N)nc2sccn12. The van der Waals surface area contributed by atoms with E-state index in [1.54, 1.807) is 11.6 Å². The van der Waals surface area contributed by atoms with Crippen LogP contribution < -0.4 is 10.5 Å². The van der Waals surface area contributed by atoms with Crippen LogP contribution >= 0.6 is 11.3 Å². The normalized spacial score (nSPS) is 12.3. The lowest BCUT2D eigenvalue weighted by atomic mass is 10.5. The third kappa shape index (κ3) is 3.06. The molecule has 2 heterocycles. The summed E-state index contributed by atoms with van der Waals surface area (Å²) < 4.78 is 33.5. The molecule has 0 amide bonds. The third-order valence-electron chi connectivity index (χ3n) is 2.46. The van der Waals surface area contributed by atoms with E-state index in [0.29, 0.717) is 31.1 Å². The van der Waals surface area contributed by atoms with Crippen molar-refractivity contribution >= 4 is 32.1 Å². The number of nitrogens with two attached hydrogens (primary N) is 1. The molecule has 2 rings (SSSR count). The van der Waals surface area contributed by atoms with E-state index in [9.17, 15) is 8.42 Å². The van der Waals surface area contributed by atoms with Crippen LogP contribution in [-0.2, 0) is 14.8 Å². The molecule has 0 aliphatic rings. The van der Waals surface area contributed by atoms with Gasteiger partial charge in [0.25, 0.3) is 10.0 Å². The number of hydrogen-bond donors (Lipinski definition) is 2. The summed E-state index contributed by atoms with van der Waals surface area (Å²) in [5, 5.41) is 1.76. The Labute approximate surface area is 115 Å². The second-order valence-electron chi connectivity index (χ2n) is 3.81. The molecule has 0 radical (unpaired) electrons. The Morgan fingerprint density at radius 3 is 3.11 bits per heavy atom. The molecule has 19 heavy (non-hydrogen) atoms. The molecule has 0 unspecified atom stereocenters. The van der Waals surface area contributed by atoms with E-state index in [1.807, 2.05) is 6.92 Å². The van der Waals surface area contributed by atoms with Crippen molar-refractivity contribution in [1.82, 2.24) is 14.1 Å². The maximum Gasteiger partial charge on any atom is 0.260 e. The highest BCUT2D eigenvalue weighted by atomic mass is 32.2. The summed E-state index contributed by atoms with van der Waals surface area (Å²) >= 11 is 1.33. The number of aromatic nitrogens is 2. The van der Waals surface area contributed by atoms with Gasteiger partial charge in [0.2, 0.25) is 0 Å². The highest BCUT2D eigenvalue weighted by Crippen LogP contribution is 2.22. The number of ether oxygens (including phenoxy) is 1. The van der Waals surface area contributed by atoms with Gasteiger partial charge in [0.1, 0.15) is 0 Å². The fourth-order valence-corrected chi connectivity index (χ4v) is 3.70. The van der Waals surface area contributed by atoms with Crippen molar-refractivity contribution in [2.75, 3.05) is 25.5 Å². The molecule has 3 N–H and O–H groups in total. The van der Waals surface area contributed by atoms with Gasteiger partial charge in [0.15, 0.2) is 15.8 Å². The molecule has 0 atom stereocenters. The fourth-order valence-electron chi connectivity index (χ4n) is 1.64. The van der Waals surface area contributed by atoms with Gasteiger partial charge >= 0.3 is 0 Å². The van der Waals surface area contributed by atoms with Gasteiger partial charge in [-0.2, -0.15) is 0 Å². The Balaban J connectivity index is 2.11. The van der Waals surface area contributed by atoms with Crippen molar-refractivity contribution in [2.45, 2.75) is 18.4 Å². The van der Waals surface area contributed by atoms with E-state index in [0.717, 1.165) is 0 Å². The van der Waals surface area contributed by atoms with Gasteiger partial charge in [0.05, 0.1) is 0 Å². The predicted octanol–water partition coefficient (Wildman–Crippen LogP) is 0.683. The highest BCUT2D eigenvalue weighted by molar-refractivity contribution is 7.89. The van der Waals surface area contributed by atoms with Crippen LogP contribution in [0.4, 0.5) is 5.82 Å². The summed E-state index contributed by atoms with van der Waals surface area (Å²) in [7, 11) is -3.65. The average molecular weight is 304 g/mol. The second kappa shape index (κ2) is 5.87. The van der Waals surface area contributed by atoms with E-state index >= 15 is 0 Å². The van der Waals surface area contributed by atoms with Crippen molar-refractivity contribution in [3.63, 3.8) is 0 Å². The monoisotopic (exact) mass is 304 g/mol. The Kier molecular flexibility index (Phi) is 4.40. The predicted molar refractivity (Wildman–Crippen MR) is 73.8 cm³/mol. The smallest absolute Gasteiger partial charge is 0.260 e. The summed E-state index contributed by atoms with van der Waals surface area (Å²) in [5.41, 5.74) is 5.67. The molecule has 2 aromatic heterocycles. The summed E-state index contributed by atoms with van der Waals surface area (Å²) in [6.45, 7) is 3.34. The second-order valence-corrected chi connectivity index (χ2v) is 6.36. The number of rotatable bonds is 7. The number of nitrogens with zero attached hydrogens (tertiary/aromatic N) is 2. The van der Waals surface area contributed by atoms with Crippen molar-refractivity contribution in [3.05, 3.63) is 11.6 Å². The standard InChI is InChI=1S/C10H16N4O3S2/c1-2-17-6-3-4-12-19(15,16)9-8(11)13-10-14(9)5-7-18-10/h5,7,12H,2-4,6,11H2,1H3. The van der Waals surface area contributed by atoms with Crippen LogP contribution in [0.1, 0.15) is 13.3 Å². The maximum absolute atomic E-state index is 12.2. The van der Waals surface area contributed by atoms with Crippen LogP contribution in [0.25, 0.3) is 4.96 Å². The Morgan fingerprint density at radius 2 is 2.37 bits per heavy atom. The minimum absolute atomic E-state index is 0.000148. The van der Waals surface area contributed by atoms with Crippen molar-refractivity contribution in [1.29, 1.82) is 0 Å². The van der Waals surface area contributed by atoms with Crippen LogP contribution in [0.3, 0.4) is 0 Å². The molecule has 0 aliphatic carbocycles. The summed E-state index contributed by atoms with van der Waals surface area (Å²) in [4.78, 5) is 4.57. The molecule has 2 aromatic rings. The number of sulfonamides is 1. The summed E-state index contributed by atoms with van der Waals surface area (Å²) in [5.74, 6) is 0.0177. The molecule has 7 nitrogen and oxygen atoms in total. The molecule has 0 saturated carbocycles. The largest absolute Gasteiger partial charge is 0.382 e. The first kappa shape index (κ1) is 14.3. The zero-order valence-electron chi connectivity index (χ0n) is 10.5. The van der Waals surface area contributed by atoms with Crippen molar-refractivity contribution in [3.8, 4) is 0 Å². The number of fused-ring (bicyclic) bond motifs is 1.